The van der Waals surface area contributed by atoms with Crippen molar-refractivity contribution in [3.8, 4) is 0 Å². The average molecular weight is 226 g/mol. The van der Waals surface area contributed by atoms with Crippen molar-refractivity contribution >= 4 is 11.1 Å². The van der Waals surface area contributed by atoms with Crippen molar-refractivity contribution in [1.82, 2.24) is 0 Å². The smallest absolute Gasteiger partial charge is 0.155 e. The van der Waals surface area contributed by atoms with Gasteiger partial charge in [-0.15, -0.1) is 0 Å². The molecule has 2 atom stereocenters. The summed E-state index contributed by atoms with van der Waals surface area (Å²) in [6, 6.07) is 6.36. The Bertz CT molecular complexity index is 361. The third-order valence-electron chi connectivity index (χ3n) is 2.67. The largest absolute Gasteiger partial charge is 0.294 e. The first-order valence-corrected chi connectivity index (χ1v) is 6.29. The third kappa shape index (κ3) is 3.43. The Morgan fingerprint density at radius 3 is 2.53 bits per heavy atom. The molecule has 0 radical (unpaired) electrons. The number of benzene rings is 1. The van der Waals surface area contributed by atoms with Crippen LogP contribution < -0.4 is 0 Å². The van der Waals surface area contributed by atoms with E-state index in [0.29, 0.717) is 5.75 Å². The summed E-state index contributed by atoms with van der Waals surface area (Å²) < 4.78 is 16.0. The Kier molecular flexibility index (Phi) is 4.48. The number of hydrogen-bond donors (Lipinski definition) is 0. The fraction of sp³-hybridized carbons (Fsp3) is 0.500. The molecular formula is C12H18O2S. The maximum absolute atomic E-state index is 11.2. The molecule has 1 aromatic carbocycles. The molecule has 1 aromatic rings. The summed E-state index contributed by atoms with van der Waals surface area (Å²) in [5, 5.41) is 0. The predicted octanol–water partition coefficient (Wildman–Crippen LogP) is 2.72. The van der Waals surface area contributed by atoms with Gasteiger partial charge in [-0.05, 0) is 36.5 Å². The lowest BCUT2D eigenvalue weighted by atomic mass is 9.98. The molecule has 0 N–H and O–H groups in total. The molecular weight excluding hydrogens is 208 g/mol. The quantitative estimate of drug-likeness (QED) is 0.789. The monoisotopic (exact) mass is 226 g/mol. The Labute approximate surface area is 94.3 Å². The molecule has 0 aliphatic carbocycles. The van der Waals surface area contributed by atoms with Gasteiger partial charge in [-0.25, -0.2) is 4.21 Å². The standard InChI is InChI=1S/C12H18O2S/c1-9-5-6-12(7-10(9)2)11(3)8-15(13)14-4/h5-7,11H,8H2,1-4H3. The Hall–Kier alpha value is -0.670. The molecule has 1 rings (SSSR count). The van der Waals surface area contributed by atoms with Crippen LogP contribution in [0.5, 0.6) is 0 Å². The predicted molar refractivity (Wildman–Crippen MR) is 64.3 cm³/mol. The van der Waals surface area contributed by atoms with Gasteiger partial charge in [-0.2, -0.15) is 0 Å². The molecule has 0 saturated carbocycles. The van der Waals surface area contributed by atoms with Crippen LogP contribution in [0.3, 0.4) is 0 Å². The summed E-state index contributed by atoms with van der Waals surface area (Å²) in [5.41, 5.74) is 3.80. The lowest BCUT2D eigenvalue weighted by Gasteiger charge is -2.12. The van der Waals surface area contributed by atoms with E-state index in [1.54, 1.807) is 0 Å². The van der Waals surface area contributed by atoms with E-state index in [4.69, 9.17) is 4.18 Å². The summed E-state index contributed by atoms with van der Waals surface area (Å²) in [5.74, 6) is 0.823. The number of aryl methyl sites for hydroxylation is 2. The van der Waals surface area contributed by atoms with Crippen LogP contribution in [0.4, 0.5) is 0 Å². The molecule has 3 heteroatoms. The molecule has 0 aliphatic heterocycles. The molecule has 0 aliphatic rings. The van der Waals surface area contributed by atoms with Gasteiger partial charge in [0.2, 0.25) is 0 Å². The van der Waals surface area contributed by atoms with Crippen LogP contribution in [0, 0.1) is 13.8 Å². The minimum atomic E-state index is -1.17. The lowest BCUT2D eigenvalue weighted by molar-refractivity contribution is 0.443. The minimum absolute atomic E-state index is 0.269. The summed E-state index contributed by atoms with van der Waals surface area (Å²) >= 11 is -1.17. The maximum Gasteiger partial charge on any atom is 0.155 e. The molecule has 2 nitrogen and oxygen atoms in total. The first kappa shape index (κ1) is 12.4. The number of hydrogen-bond acceptors (Lipinski definition) is 2. The molecule has 0 heterocycles. The van der Waals surface area contributed by atoms with Gasteiger partial charge in [-0.1, -0.05) is 25.1 Å². The van der Waals surface area contributed by atoms with Crippen LogP contribution in [0.25, 0.3) is 0 Å². The van der Waals surface area contributed by atoms with Gasteiger partial charge in [0.1, 0.15) is 0 Å². The van der Waals surface area contributed by atoms with E-state index < -0.39 is 11.1 Å². The van der Waals surface area contributed by atoms with Crippen molar-refractivity contribution in [3.63, 3.8) is 0 Å². The maximum atomic E-state index is 11.2. The van der Waals surface area contributed by atoms with Crippen molar-refractivity contribution in [2.75, 3.05) is 12.9 Å². The van der Waals surface area contributed by atoms with Crippen LogP contribution in [-0.2, 0) is 15.3 Å². The van der Waals surface area contributed by atoms with E-state index in [2.05, 4.69) is 39.0 Å². The highest BCUT2D eigenvalue weighted by atomic mass is 32.2. The van der Waals surface area contributed by atoms with Gasteiger partial charge < -0.3 is 0 Å². The van der Waals surface area contributed by atoms with Crippen molar-refractivity contribution in [2.24, 2.45) is 0 Å². The summed E-state index contributed by atoms with van der Waals surface area (Å²) in [7, 11) is 1.48. The second kappa shape index (κ2) is 5.42. The topological polar surface area (TPSA) is 26.3 Å². The SMILES string of the molecule is COS(=O)CC(C)c1ccc(C)c(C)c1. The molecule has 2 unspecified atom stereocenters. The fourth-order valence-corrected chi connectivity index (χ4v) is 2.18. The molecule has 0 saturated heterocycles. The third-order valence-corrected chi connectivity index (χ3v) is 3.82. The summed E-state index contributed by atoms with van der Waals surface area (Å²) in [6.45, 7) is 6.26. The van der Waals surface area contributed by atoms with Crippen molar-refractivity contribution in [2.45, 2.75) is 26.7 Å². The molecule has 15 heavy (non-hydrogen) atoms. The van der Waals surface area contributed by atoms with E-state index in [1.807, 2.05) is 0 Å². The fourth-order valence-electron chi connectivity index (χ4n) is 1.44. The molecule has 84 valence electrons. The van der Waals surface area contributed by atoms with Crippen molar-refractivity contribution in [3.05, 3.63) is 34.9 Å². The Morgan fingerprint density at radius 1 is 1.33 bits per heavy atom. The summed E-state index contributed by atoms with van der Waals surface area (Å²) in [4.78, 5) is 0. The van der Waals surface area contributed by atoms with Gasteiger partial charge in [0.25, 0.3) is 0 Å². The van der Waals surface area contributed by atoms with Gasteiger partial charge in [-0.3, -0.25) is 4.18 Å². The highest BCUT2D eigenvalue weighted by Crippen LogP contribution is 2.19. The van der Waals surface area contributed by atoms with E-state index in [0.717, 1.165) is 0 Å². The second-order valence-corrected chi connectivity index (χ2v) is 5.16. The van der Waals surface area contributed by atoms with E-state index in [9.17, 15) is 4.21 Å². The average Bonchev–Trinajstić information content (AvgIpc) is 2.21. The number of rotatable bonds is 4. The highest BCUT2D eigenvalue weighted by molar-refractivity contribution is 7.80. The van der Waals surface area contributed by atoms with E-state index in [-0.39, 0.29) is 5.92 Å². The molecule has 0 spiro atoms. The molecule has 0 amide bonds. The normalized spacial score (nSPS) is 14.9. The van der Waals surface area contributed by atoms with Gasteiger partial charge in [0.05, 0.1) is 12.9 Å². The molecule has 0 bridgehead atoms. The zero-order valence-corrected chi connectivity index (χ0v) is 10.6. The van der Waals surface area contributed by atoms with Gasteiger partial charge >= 0.3 is 0 Å². The van der Waals surface area contributed by atoms with Crippen molar-refractivity contribution in [1.29, 1.82) is 0 Å². The van der Waals surface area contributed by atoms with Crippen molar-refractivity contribution < 1.29 is 8.39 Å². The van der Waals surface area contributed by atoms with Crippen LogP contribution in [-0.4, -0.2) is 17.1 Å². The molecule has 0 aromatic heterocycles. The lowest BCUT2D eigenvalue weighted by Crippen LogP contribution is -2.07. The highest BCUT2D eigenvalue weighted by Gasteiger charge is 2.10. The minimum Gasteiger partial charge on any atom is -0.294 e. The van der Waals surface area contributed by atoms with Crippen LogP contribution in [0.15, 0.2) is 18.2 Å². The molecule has 0 fully saturated rings. The first-order valence-electron chi connectivity index (χ1n) is 5.04. The van der Waals surface area contributed by atoms with Gasteiger partial charge in [0, 0.05) is 0 Å². The second-order valence-electron chi connectivity index (χ2n) is 3.88. The van der Waals surface area contributed by atoms with E-state index >= 15 is 0 Å². The Morgan fingerprint density at radius 2 is 2.00 bits per heavy atom. The first-order chi connectivity index (χ1) is 7.04. The summed E-state index contributed by atoms with van der Waals surface area (Å²) in [6.07, 6.45) is 0. The van der Waals surface area contributed by atoms with Crippen LogP contribution in [0.2, 0.25) is 0 Å². The zero-order chi connectivity index (χ0) is 11.4. The van der Waals surface area contributed by atoms with E-state index in [1.165, 1.54) is 23.8 Å². The van der Waals surface area contributed by atoms with Crippen LogP contribution in [0.1, 0.15) is 29.5 Å². The zero-order valence-electron chi connectivity index (χ0n) is 9.74. The Balaban J connectivity index is 2.78. The van der Waals surface area contributed by atoms with Crippen LogP contribution >= 0.6 is 0 Å². The van der Waals surface area contributed by atoms with Gasteiger partial charge in [0.15, 0.2) is 11.1 Å².